The minimum atomic E-state index is 0.0611. The lowest BCUT2D eigenvalue weighted by atomic mass is 10.0. The molecule has 0 saturated carbocycles. The first-order valence-corrected chi connectivity index (χ1v) is 14.7. The fourth-order valence-corrected chi connectivity index (χ4v) is 5.71. The van der Waals surface area contributed by atoms with Gasteiger partial charge in [-0.05, 0) is 74.9 Å². The second-order valence-corrected chi connectivity index (χ2v) is 11.4. The maximum Gasteiger partial charge on any atom is 0.231 e. The predicted molar refractivity (Wildman–Crippen MR) is 163 cm³/mol. The molecule has 1 aliphatic rings. The lowest BCUT2D eigenvalue weighted by molar-refractivity contribution is -0.132. The number of aromatic nitrogens is 2. The Morgan fingerprint density at radius 2 is 1.73 bits per heavy atom. The Kier molecular flexibility index (Phi) is 10.2. The molecule has 220 valence electrons. The summed E-state index contributed by atoms with van der Waals surface area (Å²) in [5, 5.41) is 4.44. The molecule has 0 spiro atoms. The monoisotopic (exact) mass is 559 g/mol. The number of ether oxygens (including phenoxy) is 1. The van der Waals surface area contributed by atoms with E-state index in [0.717, 1.165) is 58.9 Å². The number of methoxy groups -OCH3 is 1. The number of rotatable bonds is 7. The Bertz CT molecular complexity index is 1330. The molecular weight excluding hydrogens is 514 g/mol. The van der Waals surface area contributed by atoms with Gasteiger partial charge in [-0.3, -0.25) is 19.2 Å². The highest BCUT2D eigenvalue weighted by Crippen LogP contribution is 2.29. The average molecular weight is 560 g/mol. The van der Waals surface area contributed by atoms with Gasteiger partial charge in [0, 0.05) is 58.4 Å². The summed E-state index contributed by atoms with van der Waals surface area (Å²) < 4.78 is 7.10. The van der Waals surface area contributed by atoms with Gasteiger partial charge >= 0.3 is 0 Å². The molecule has 1 aromatic heterocycles. The van der Waals surface area contributed by atoms with Gasteiger partial charge in [0.25, 0.3) is 0 Å². The third kappa shape index (κ3) is 7.76. The van der Waals surface area contributed by atoms with Crippen LogP contribution in [0.1, 0.15) is 54.6 Å². The van der Waals surface area contributed by atoms with Crippen molar-refractivity contribution in [2.75, 3.05) is 38.2 Å². The van der Waals surface area contributed by atoms with Crippen LogP contribution >= 0.6 is 0 Å². The standard InChI is InChI=1S/C33H45N5O3/c1-24(2)36-17-8-18-38(32(40)21-27-11-14-30(41-6)15-12-27)33-25(3)9-7-10-29(33)23-37(20-19-36)31(39)16-13-28-22-35(5)34-26(28)4/h7,9-12,14-15,22,24H,8,13,16-21,23H2,1-6H3. The SMILES string of the molecule is COc1ccc(CC(=O)N2CCCN(C(C)C)CCN(C(=O)CCc3cn(C)nc3C)Cc3cccc(C)c32)cc1. The number of para-hydroxylation sites is 1. The van der Waals surface area contributed by atoms with E-state index in [-0.39, 0.29) is 11.8 Å². The Hall–Kier alpha value is -3.65. The number of carbonyl (C=O) groups excluding carboxylic acids is 2. The summed E-state index contributed by atoms with van der Waals surface area (Å²) >= 11 is 0. The fraction of sp³-hybridized carbons (Fsp3) is 0.485. The number of anilines is 1. The lowest BCUT2D eigenvalue weighted by Gasteiger charge is -2.30. The number of aryl methyl sites for hydroxylation is 4. The number of hydrogen-bond donors (Lipinski definition) is 0. The molecule has 0 unspecified atom stereocenters. The van der Waals surface area contributed by atoms with Crippen LogP contribution in [0.3, 0.4) is 0 Å². The van der Waals surface area contributed by atoms with Crippen LogP contribution in [0, 0.1) is 13.8 Å². The van der Waals surface area contributed by atoms with Crippen LogP contribution in [-0.2, 0) is 36.0 Å². The van der Waals surface area contributed by atoms with Gasteiger partial charge in [-0.2, -0.15) is 5.10 Å². The van der Waals surface area contributed by atoms with Crippen molar-refractivity contribution in [1.82, 2.24) is 19.6 Å². The molecule has 0 saturated heterocycles. The highest BCUT2D eigenvalue weighted by Gasteiger charge is 2.26. The quantitative estimate of drug-likeness (QED) is 0.420. The molecule has 0 fully saturated rings. The summed E-state index contributed by atoms with van der Waals surface area (Å²) in [4.78, 5) is 34.0. The Balaban J connectivity index is 1.63. The molecule has 1 aliphatic heterocycles. The maximum atomic E-state index is 13.9. The van der Waals surface area contributed by atoms with Crippen molar-refractivity contribution in [1.29, 1.82) is 0 Å². The van der Waals surface area contributed by atoms with Crippen LogP contribution in [0.2, 0.25) is 0 Å². The van der Waals surface area contributed by atoms with Gasteiger partial charge in [-0.15, -0.1) is 0 Å². The van der Waals surface area contributed by atoms with Crippen LogP contribution in [0.25, 0.3) is 0 Å². The molecule has 0 atom stereocenters. The number of amides is 2. The number of hydrogen-bond acceptors (Lipinski definition) is 5. The molecule has 8 heteroatoms. The first-order valence-electron chi connectivity index (χ1n) is 14.7. The van der Waals surface area contributed by atoms with Gasteiger partial charge in [0.2, 0.25) is 11.8 Å². The minimum absolute atomic E-state index is 0.0611. The first-order chi connectivity index (χ1) is 19.7. The Labute approximate surface area is 244 Å². The van der Waals surface area contributed by atoms with Crippen LogP contribution in [-0.4, -0.2) is 70.7 Å². The van der Waals surface area contributed by atoms with E-state index in [0.29, 0.717) is 44.9 Å². The zero-order chi connectivity index (χ0) is 29.5. The molecular formula is C33H45N5O3. The van der Waals surface area contributed by atoms with E-state index >= 15 is 0 Å². The van der Waals surface area contributed by atoms with Gasteiger partial charge < -0.3 is 14.5 Å². The number of benzene rings is 2. The van der Waals surface area contributed by atoms with E-state index in [1.807, 2.05) is 60.3 Å². The van der Waals surface area contributed by atoms with Crippen LogP contribution in [0.15, 0.2) is 48.7 Å². The topological polar surface area (TPSA) is 70.9 Å². The molecule has 2 heterocycles. The molecule has 2 amide bonds. The predicted octanol–water partition coefficient (Wildman–Crippen LogP) is 4.70. The molecule has 3 aromatic rings. The minimum Gasteiger partial charge on any atom is -0.497 e. The smallest absolute Gasteiger partial charge is 0.231 e. The van der Waals surface area contributed by atoms with Gasteiger partial charge in [0.15, 0.2) is 0 Å². The van der Waals surface area contributed by atoms with Gasteiger partial charge in [0.05, 0.1) is 24.9 Å². The second kappa shape index (κ2) is 13.8. The van der Waals surface area contributed by atoms with Crippen molar-refractivity contribution >= 4 is 17.5 Å². The largest absolute Gasteiger partial charge is 0.497 e. The normalized spacial score (nSPS) is 15.0. The molecule has 0 bridgehead atoms. The van der Waals surface area contributed by atoms with E-state index < -0.39 is 0 Å². The van der Waals surface area contributed by atoms with Crippen LogP contribution in [0.4, 0.5) is 5.69 Å². The molecule has 0 aliphatic carbocycles. The zero-order valence-corrected chi connectivity index (χ0v) is 25.5. The van der Waals surface area contributed by atoms with E-state index in [1.54, 1.807) is 11.8 Å². The summed E-state index contributed by atoms with van der Waals surface area (Å²) in [5.74, 6) is 0.959. The third-order valence-electron chi connectivity index (χ3n) is 8.06. The summed E-state index contributed by atoms with van der Waals surface area (Å²) in [5.41, 5.74) is 6.02. The first kappa shape index (κ1) is 30.3. The van der Waals surface area contributed by atoms with E-state index in [2.05, 4.69) is 42.9 Å². The van der Waals surface area contributed by atoms with Crippen molar-refractivity contribution in [2.24, 2.45) is 7.05 Å². The highest BCUT2D eigenvalue weighted by atomic mass is 16.5. The van der Waals surface area contributed by atoms with Crippen LogP contribution in [0.5, 0.6) is 5.75 Å². The zero-order valence-electron chi connectivity index (χ0n) is 25.5. The third-order valence-corrected chi connectivity index (χ3v) is 8.06. The van der Waals surface area contributed by atoms with Crippen molar-refractivity contribution in [2.45, 2.75) is 66.0 Å². The van der Waals surface area contributed by atoms with Crippen molar-refractivity contribution in [3.05, 3.63) is 76.6 Å². The fourth-order valence-electron chi connectivity index (χ4n) is 5.71. The molecule has 41 heavy (non-hydrogen) atoms. The summed E-state index contributed by atoms with van der Waals surface area (Å²) in [6.07, 6.45) is 4.25. The van der Waals surface area contributed by atoms with Gasteiger partial charge in [-0.1, -0.05) is 30.3 Å². The van der Waals surface area contributed by atoms with Gasteiger partial charge in [-0.25, -0.2) is 0 Å². The molecule has 0 radical (unpaired) electrons. The van der Waals surface area contributed by atoms with E-state index in [9.17, 15) is 9.59 Å². The highest BCUT2D eigenvalue weighted by molar-refractivity contribution is 5.96. The Morgan fingerprint density at radius 3 is 2.39 bits per heavy atom. The van der Waals surface area contributed by atoms with E-state index in [4.69, 9.17) is 4.74 Å². The van der Waals surface area contributed by atoms with Crippen LogP contribution < -0.4 is 9.64 Å². The molecule has 8 nitrogen and oxygen atoms in total. The Morgan fingerprint density at radius 1 is 0.976 bits per heavy atom. The number of fused-ring (bicyclic) bond motifs is 1. The summed E-state index contributed by atoms with van der Waals surface area (Å²) in [7, 11) is 3.55. The van der Waals surface area contributed by atoms with Crippen molar-refractivity contribution < 1.29 is 14.3 Å². The molecule has 4 rings (SSSR count). The van der Waals surface area contributed by atoms with E-state index in [1.165, 1.54) is 0 Å². The average Bonchev–Trinajstić information content (AvgIpc) is 3.25. The lowest BCUT2D eigenvalue weighted by Crippen LogP contribution is -2.41. The maximum absolute atomic E-state index is 13.9. The van der Waals surface area contributed by atoms with Crippen molar-refractivity contribution in [3.8, 4) is 5.75 Å². The number of nitrogens with zero attached hydrogens (tertiary/aromatic N) is 5. The molecule has 2 aromatic carbocycles. The summed E-state index contributed by atoms with van der Waals surface area (Å²) in [6, 6.07) is 14.2. The number of carbonyl (C=O) groups is 2. The van der Waals surface area contributed by atoms with Crippen molar-refractivity contribution in [3.63, 3.8) is 0 Å². The molecule has 0 N–H and O–H groups in total. The van der Waals surface area contributed by atoms with Gasteiger partial charge in [0.1, 0.15) is 5.75 Å². The second-order valence-electron chi connectivity index (χ2n) is 11.4. The summed E-state index contributed by atoms with van der Waals surface area (Å²) in [6.45, 7) is 11.9.